The average Bonchev–Trinajstić information content (AvgIpc) is 2.49. The summed E-state index contributed by atoms with van der Waals surface area (Å²) in [6.45, 7) is 23.4. The first-order chi connectivity index (χ1) is 13.5. The molecule has 1 amide bonds. The molecule has 1 N–H and O–H groups in total. The van der Waals surface area contributed by atoms with Crippen LogP contribution in [0, 0.1) is 28.1 Å². The highest BCUT2D eigenvalue weighted by molar-refractivity contribution is 5.76. The van der Waals surface area contributed by atoms with E-state index >= 15 is 0 Å². The van der Waals surface area contributed by atoms with E-state index in [2.05, 4.69) is 86.7 Å². The molecule has 0 aliphatic heterocycles. The van der Waals surface area contributed by atoms with Gasteiger partial charge in [-0.15, -0.1) is 0 Å². The minimum absolute atomic E-state index is 0.0271. The predicted octanol–water partition coefficient (Wildman–Crippen LogP) is 7.41. The Morgan fingerprint density at radius 1 is 1.00 bits per heavy atom. The Morgan fingerprint density at radius 3 is 2.10 bits per heavy atom. The van der Waals surface area contributed by atoms with E-state index in [0.717, 1.165) is 19.3 Å². The van der Waals surface area contributed by atoms with E-state index in [-0.39, 0.29) is 23.3 Å². The maximum absolute atomic E-state index is 12.6. The van der Waals surface area contributed by atoms with E-state index in [1.165, 1.54) is 12.8 Å². The molecule has 0 radical (unpaired) electrons. The lowest BCUT2D eigenvalue weighted by atomic mass is 9.74. The van der Waals surface area contributed by atoms with Gasteiger partial charge in [-0.3, -0.25) is 4.79 Å². The van der Waals surface area contributed by atoms with Crippen LogP contribution in [0.2, 0.25) is 0 Å². The van der Waals surface area contributed by atoms with Crippen LogP contribution >= 0.6 is 0 Å². The molecule has 1 unspecified atom stereocenters. The smallest absolute Gasteiger partial charge is 0.220 e. The van der Waals surface area contributed by atoms with Gasteiger partial charge in [0, 0.05) is 13.5 Å². The lowest BCUT2D eigenvalue weighted by molar-refractivity contribution is -0.122. The predicted molar refractivity (Wildman–Crippen MR) is 132 cm³/mol. The second kappa shape index (κ2) is 12.9. The van der Waals surface area contributed by atoms with Crippen molar-refractivity contribution in [3.05, 3.63) is 12.2 Å². The van der Waals surface area contributed by atoms with Crippen LogP contribution in [0.1, 0.15) is 108 Å². The van der Waals surface area contributed by atoms with Gasteiger partial charge in [-0.05, 0) is 60.2 Å². The van der Waals surface area contributed by atoms with Crippen LogP contribution in [-0.2, 0) is 9.53 Å². The standard InChI is InChI=1S/C27H53NO2/c1-21(18-25(3,4)5)14-12-15-22(2)23(19-30-11)28-24(29)16-13-17-27(9,10)20-26(6,7)8/h12,15,21-23H,13-14,16-20H2,1-11H3,(H,28,29)/b15-12+/t21?,22-,23+/m1/s1. The van der Waals surface area contributed by atoms with Crippen molar-refractivity contribution in [3.63, 3.8) is 0 Å². The summed E-state index contributed by atoms with van der Waals surface area (Å²) < 4.78 is 5.38. The number of nitrogens with one attached hydrogen (secondary N) is 1. The van der Waals surface area contributed by atoms with Crippen LogP contribution in [0.5, 0.6) is 0 Å². The number of allylic oxidation sites excluding steroid dienone is 1. The van der Waals surface area contributed by atoms with E-state index in [0.29, 0.717) is 29.8 Å². The van der Waals surface area contributed by atoms with E-state index in [4.69, 9.17) is 4.74 Å². The minimum atomic E-state index is 0.0271. The minimum Gasteiger partial charge on any atom is -0.383 e. The van der Waals surface area contributed by atoms with Crippen LogP contribution in [0.4, 0.5) is 0 Å². The average molecular weight is 424 g/mol. The second-order valence-corrected chi connectivity index (χ2v) is 12.8. The third-order valence-electron chi connectivity index (χ3n) is 5.53. The summed E-state index contributed by atoms with van der Waals surface area (Å²) in [5, 5.41) is 3.21. The molecule has 0 aliphatic carbocycles. The maximum atomic E-state index is 12.6. The number of hydrogen-bond acceptors (Lipinski definition) is 2. The number of methoxy groups -OCH3 is 1. The molecular formula is C27H53NO2. The molecule has 0 aromatic heterocycles. The fourth-order valence-corrected chi connectivity index (χ4v) is 4.82. The first-order valence-corrected chi connectivity index (χ1v) is 12.0. The Hall–Kier alpha value is -0.830. The molecule has 3 heteroatoms. The molecule has 0 aliphatic rings. The van der Waals surface area contributed by atoms with Crippen LogP contribution in [0.3, 0.4) is 0 Å². The highest BCUT2D eigenvalue weighted by Gasteiger charge is 2.25. The summed E-state index contributed by atoms with van der Waals surface area (Å²) >= 11 is 0. The Morgan fingerprint density at radius 2 is 1.60 bits per heavy atom. The van der Waals surface area contributed by atoms with Gasteiger partial charge < -0.3 is 10.1 Å². The molecular weight excluding hydrogens is 370 g/mol. The second-order valence-electron chi connectivity index (χ2n) is 12.8. The van der Waals surface area contributed by atoms with Crippen molar-refractivity contribution < 1.29 is 9.53 Å². The highest BCUT2D eigenvalue weighted by atomic mass is 16.5. The van der Waals surface area contributed by atoms with E-state index in [1.54, 1.807) is 7.11 Å². The van der Waals surface area contributed by atoms with Crippen molar-refractivity contribution in [2.75, 3.05) is 13.7 Å². The number of amides is 1. The van der Waals surface area contributed by atoms with Gasteiger partial charge in [0.1, 0.15) is 0 Å². The van der Waals surface area contributed by atoms with Crippen molar-refractivity contribution >= 4 is 5.91 Å². The van der Waals surface area contributed by atoms with Crippen molar-refractivity contribution in [3.8, 4) is 0 Å². The lowest BCUT2D eigenvalue weighted by Gasteiger charge is -2.32. The molecule has 0 heterocycles. The van der Waals surface area contributed by atoms with Gasteiger partial charge in [0.2, 0.25) is 5.91 Å². The SMILES string of the molecule is COC[C@H](NC(=O)CCCC(C)(C)CC(C)(C)C)[C@H](C)/C=C/CC(C)CC(C)(C)C. The summed E-state index contributed by atoms with van der Waals surface area (Å²) in [5.74, 6) is 1.07. The third kappa shape index (κ3) is 15.9. The molecule has 0 spiro atoms. The van der Waals surface area contributed by atoms with Gasteiger partial charge >= 0.3 is 0 Å². The zero-order valence-corrected chi connectivity index (χ0v) is 22.2. The van der Waals surface area contributed by atoms with E-state index in [9.17, 15) is 4.79 Å². The fourth-order valence-electron chi connectivity index (χ4n) is 4.82. The fraction of sp³-hybridized carbons (Fsp3) is 0.889. The van der Waals surface area contributed by atoms with Crippen LogP contribution < -0.4 is 5.32 Å². The normalized spacial score (nSPS) is 16.5. The first kappa shape index (κ1) is 29.2. The number of carbonyl (C=O) groups is 1. The third-order valence-corrected chi connectivity index (χ3v) is 5.53. The molecule has 30 heavy (non-hydrogen) atoms. The molecule has 0 aromatic carbocycles. The Labute approximate surface area is 188 Å². The Balaban J connectivity index is 4.55. The van der Waals surface area contributed by atoms with Gasteiger partial charge in [-0.1, -0.05) is 81.4 Å². The van der Waals surface area contributed by atoms with E-state index < -0.39 is 0 Å². The lowest BCUT2D eigenvalue weighted by Crippen LogP contribution is -2.42. The van der Waals surface area contributed by atoms with Crippen molar-refractivity contribution in [2.45, 2.75) is 114 Å². The molecule has 0 saturated heterocycles. The monoisotopic (exact) mass is 423 g/mol. The highest BCUT2D eigenvalue weighted by Crippen LogP contribution is 2.36. The van der Waals surface area contributed by atoms with Crippen molar-refractivity contribution in [1.29, 1.82) is 0 Å². The van der Waals surface area contributed by atoms with Gasteiger partial charge in [-0.2, -0.15) is 0 Å². The summed E-state index contributed by atoms with van der Waals surface area (Å²) in [5.41, 5.74) is 0.957. The summed E-state index contributed by atoms with van der Waals surface area (Å²) in [6, 6.07) is 0.0271. The van der Waals surface area contributed by atoms with Crippen LogP contribution in [0.15, 0.2) is 12.2 Å². The molecule has 0 aromatic rings. The van der Waals surface area contributed by atoms with Gasteiger partial charge in [0.25, 0.3) is 0 Å². The maximum Gasteiger partial charge on any atom is 0.220 e. The largest absolute Gasteiger partial charge is 0.383 e. The van der Waals surface area contributed by atoms with Crippen molar-refractivity contribution in [2.24, 2.45) is 28.1 Å². The summed E-state index contributed by atoms with van der Waals surface area (Å²) in [7, 11) is 1.70. The molecule has 0 rings (SSSR count). The Kier molecular flexibility index (Phi) is 12.5. The summed E-state index contributed by atoms with van der Waals surface area (Å²) in [4.78, 5) is 12.6. The zero-order valence-electron chi connectivity index (χ0n) is 22.2. The van der Waals surface area contributed by atoms with Gasteiger partial charge in [0.15, 0.2) is 0 Å². The number of carbonyl (C=O) groups excluding carboxylic acids is 1. The van der Waals surface area contributed by atoms with Gasteiger partial charge in [-0.25, -0.2) is 0 Å². The molecule has 3 nitrogen and oxygen atoms in total. The van der Waals surface area contributed by atoms with Crippen LogP contribution in [0.25, 0.3) is 0 Å². The summed E-state index contributed by atoms with van der Waals surface area (Å²) in [6.07, 6.45) is 10.6. The zero-order chi connectivity index (χ0) is 23.6. The first-order valence-electron chi connectivity index (χ1n) is 12.0. The molecule has 0 fully saturated rings. The topological polar surface area (TPSA) is 38.3 Å². The number of hydrogen-bond donors (Lipinski definition) is 1. The van der Waals surface area contributed by atoms with Crippen LogP contribution in [-0.4, -0.2) is 25.7 Å². The quantitative estimate of drug-likeness (QED) is 0.313. The Bertz CT molecular complexity index is 508. The molecule has 0 saturated carbocycles. The molecule has 178 valence electrons. The number of ether oxygens (including phenoxy) is 1. The van der Waals surface area contributed by atoms with E-state index in [1.807, 2.05) is 0 Å². The van der Waals surface area contributed by atoms with Crippen molar-refractivity contribution in [1.82, 2.24) is 5.32 Å². The number of rotatable bonds is 13. The van der Waals surface area contributed by atoms with Gasteiger partial charge in [0.05, 0.1) is 12.6 Å². The molecule has 3 atom stereocenters. The molecule has 0 bridgehead atoms.